The van der Waals surface area contributed by atoms with Gasteiger partial charge in [0, 0.05) is 6.54 Å². The highest BCUT2D eigenvalue weighted by atomic mass is 19.1. The lowest BCUT2D eigenvalue weighted by Gasteiger charge is -2.25. The molecule has 1 fully saturated rings. The molecule has 1 aromatic heterocycles. The second kappa shape index (κ2) is 8.04. The van der Waals surface area contributed by atoms with E-state index in [0.29, 0.717) is 13.0 Å². The third-order valence-electron chi connectivity index (χ3n) is 5.17. The van der Waals surface area contributed by atoms with Crippen molar-refractivity contribution in [1.29, 1.82) is 0 Å². The van der Waals surface area contributed by atoms with Crippen LogP contribution in [-0.4, -0.2) is 56.7 Å². The smallest absolute Gasteiger partial charge is 0.240 e. The predicted octanol–water partition coefficient (Wildman–Crippen LogP) is 2.04. The van der Waals surface area contributed by atoms with Crippen molar-refractivity contribution in [2.24, 2.45) is 5.73 Å². The molecule has 0 radical (unpaired) electrons. The Bertz CT molecular complexity index is 962. The van der Waals surface area contributed by atoms with Crippen molar-refractivity contribution in [2.75, 3.05) is 13.1 Å². The van der Waals surface area contributed by atoms with Gasteiger partial charge in [0.05, 0.1) is 18.5 Å². The molecule has 3 atom stereocenters. The molecule has 2 aromatic carbocycles. The third-order valence-corrected chi connectivity index (χ3v) is 5.17. The number of likely N-dealkylation sites (tertiary alicyclic amines) is 1. The van der Waals surface area contributed by atoms with Crippen LogP contribution < -0.4 is 5.73 Å². The summed E-state index contributed by atoms with van der Waals surface area (Å²) in [6, 6.07) is 12.6. The van der Waals surface area contributed by atoms with Crippen molar-refractivity contribution in [3.63, 3.8) is 0 Å². The van der Waals surface area contributed by atoms with E-state index in [0.717, 1.165) is 16.7 Å². The van der Waals surface area contributed by atoms with E-state index in [9.17, 15) is 13.6 Å². The summed E-state index contributed by atoms with van der Waals surface area (Å²) in [4.78, 5) is 14.3. The second-order valence-electron chi connectivity index (χ2n) is 7.07. The summed E-state index contributed by atoms with van der Waals surface area (Å²) in [7, 11) is 0. The van der Waals surface area contributed by atoms with Gasteiger partial charge in [-0.15, -0.1) is 10.2 Å². The Morgan fingerprint density at radius 1 is 1.14 bits per heavy atom. The van der Waals surface area contributed by atoms with Crippen LogP contribution in [-0.2, 0) is 4.79 Å². The molecular formula is C20H20F2N6O. The summed E-state index contributed by atoms with van der Waals surface area (Å²) >= 11 is 0. The number of tetrazole rings is 1. The number of H-pyrrole nitrogens is 1. The minimum absolute atomic E-state index is 0.0506. The Balaban J connectivity index is 1.62. The summed E-state index contributed by atoms with van der Waals surface area (Å²) < 4.78 is 26.7. The fourth-order valence-electron chi connectivity index (χ4n) is 3.61. The van der Waals surface area contributed by atoms with Gasteiger partial charge in [0.1, 0.15) is 12.0 Å². The molecule has 1 amide bonds. The first-order valence-corrected chi connectivity index (χ1v) is 9.30. The number of halogens is 2. The highest BCUT2D eigenvalue weighted by Crippen LogP contribution is 2.29. The van der Waals surface area contributed by atoms with Gasteiger partial charge in [0.2, 0.25) is 5.91 Å². The number of carbonyl (C=O) groups excluding carboxylic acids is 1. The minimum atomic E-state index is -1.02. The summed E-state index contributed by atoms with van der Waals surface area (Å²) in [5, 5.41) is 14.0. The zero-order valence-electron chi connectivity index (χ0n) is 15.5. The van der Waals surface area contributed by atoms with Crippen molar-refractivity contribution in [2.45, 2.75) is 24.6 Å². The number of aromatic amines is 1. The van der Waals surface area contributed by atoms with Crippen LogP contribution in [0, 0.1) is 5.82 Å². The molecule has 2 heterocycles. The number of nitrogens with two attached hydrogens (primary N) is 1. The van der Waals surface area contributed by atoms with Gasteiger partial charge in [0.25, 0.3) is 0 Å². The van der Waals surface area contributed by atoms with Crippen LogP contribution in [0.1, 0.15) is 23.7 Å². The first-order valence-electron chi connectivity index (χ1n) is 9.30. The monoisotopic (exact) mass is 398 g/mol. The van der Waals surface area contributed by atoms with E-state index in [1.165, 1.54) is 17.0 Å². The molecule has 0 saturated carbocycles. The molecule has 3 N–H and O–H groups in total. The van der Waals surface area contributed by atoms with E-state index in [1.54, 1.807) is 12.1 Å². The Morgan fingerprint density at radius 2 is 1.79 bits per heavy atom. The Hall–Kier alpha value is -3.20. The third kappa shape index (κ3) is 4.00. The van der Waals surface area contributed by atoms with Gasteiger partial charge in [-0.1, -0.05) is 41.6 Å². The van der Waals surface area contributed by atoms with Crippen LogP contribution in [0.4, 0.5) is 8.78 Å². The average molecular weight is 398 g/mol. The number of amides is 1. The first kappa shape index (κ1) is 19.1. The average Bonchev–Trinajstić information content (AvgIpc) is 3.41. The zero-order valence-corrected chi connectivity index (χ0v) is 15.5. The van der Waals surface area contributed by atoms with Gasteiger partial charge in [-0.3, -0.25) is 4.79 Å². The van der Waals surface area contributed by atoms with Gasteiger partial charge in [-0.05, 0) is 35.2 Å². The molecule has 3 aromatic rings. The normalized spacial score (nSPS) is 18.6. The Kier molecular flexibility index (Phi) is 5.30. The van der Waals surface area contributed by atoms with Gasteiger partial charge in [-0.2, -0.15) is 5.21 Å². The van der Waals surface area contributed by atoms with E-state index in [2.05, 4.69) is 20.6 Å². The molecule has 0 bridgehead atoms. The maximum absolute atomic E-state index is 13.5. The van der Waals surface area contributed by atoms with Crippen molar-refractivity contribution in [3.05, 3.63) is 65.7 Å². The standard InChI is InChI=1S/C20H20F2N6O/c21-15-7-5-13(6-8-15)12-1-3-14(4-2-12)17(19-24-26-27-25-19)18(23)20(29)28-10-9-16(22)11-28/h1-8,16-18H,9-11,23H2,(H,24,25,26,27)/t16-,17-,18-/m0/s1. The predicted molar refractivity (Wildman–Crippen MR) is 102 cm³/mol. The number of benzene rings is 2. The van der Waals surface area contributed by atoms with E-state index in [1.807, 2.05) is 24.3 Å². The number of hydrogen-bond donors (Lipinski definition) is 2. The fraction of sp³-hybridized carbons (Fsp3) is 0.300. The summed E-state index contributed by atoms with van der Waals surface area (Å²) in [5.41, 5.74) is 8.78. The Labute approximate surface area is 165 Å². The number of hydrogen-bond acceptors (Lipinski definition) is 5. The van der Waals surface area contributed by atoms with E-state index >= 15 is 0 Å². The number of nitrogens with one attached hydrogen (secondary N) is 1. The van der Waals surface area contributed by atoms with Crippen LogP contribution in [0.25, 0.3) is 11.1 Å². The second-order valence-corrected chi connectivity index (χ2v) is 7.07. The molecule has 1 aliphatic rings. The molecule has 29 heavy (non-hydrogen) atoms. The number of carbonyl (C=O) groups is 1. The molecule has 9 heteroatoms. The maximum Gasteiger partial charge on any atom is 0.240 e. The number of rotatable bonds is 5. The molecule has 0 spiro atoms. The zero-order chi connectivity index (χ0) is 20.4. The lowest BCUT2D eigenvalue weighted by molar-refractivity contribution is -0.132. The van der Waals surface area contributed by atoms with Crippen molar-refractivity contribution < 1.29 is 13.6 Å². The highest BCUT2D eigenvalue weighted by molar-refractivity contribution is 5.83. The lowest BCUT2D eigenvalue weighted by atomic mass is 9.89. The van der Waals surface area contributed by atoms with E-state index in [4.69, 9.17) is 5.73 Å². The lowest BCUT2D eigenvalue weighted by Crippen LogP contribution is -2.46. The van der Waals surface area contributed by atoms with Gasteiger partial charge >= 0.3 is 0 Å². The summed E-state index contributed by atoms with van der Waals surface area (Å²) in [6.45, 7) is 0.394. The van der Waals surface area contributed by atoms with Crippen molar-refractivity contribution in [1.82, 2.24) is 25.5 Å². The van der Waals surface area contributed by atoms with Crippen molar-refractivity contribution >= 4 is 5.91 Å². The van der Waals surface area contributed by atoms with E-state index in [-0.39, 0.29) is 24.1 Å². The SMILES string of the molecule is N[C@H](C(=O)N1CC[C@H](F)C1)[C@H](c1ccc(-c2ccc(F)cc2)cc1)c1nn[nH]n1. The number of aromatic nitrogens is 4. The van der Waals surface area contributed by atoms with Crippen LogP contribution in [0.2, 0.25) is 0 Å². The maximum atomic E-state index is 13.5. The van der Waals surface area contributed by atoms with Gasteiger partial charge < -0.3 is 10.6 Å². The van der Waals surface area contributed by atoms with Crippen LogP contribution >= 0.6 is 0 Å². The Morgan fingerprint density at radius 3 is 2.34 bits per heavy atom. The minimum Gasteiger partial charge on any atom is -0.338 e. The molecular weight excluding hydrogens is 378 g/mol. The molecule has 7 nitrogen and oxygen atoms in total. The number of nitrogens with zero attached hydrogens (tertiary/aromatic N) is 4. The topological polar surface area (TPSA) is 101 Å². The molecule has 1 saturated heterocycles. The molecule has 150 valence electrons. The highest BCUT2D eigenvalue weighted by Gasteiger charge is 2.36. The summed E-state index contributed by atoms with van der Waals surface area (Å²) in [5.74, 6) is -0.995. The van der Waals surface area contributed by atoms with Gasteiger partial charge in [0.15, 0.2) is 5.82 Å². The number of alkyl halides is 1. The largest absolute Gasteiger partial charge is 0.338 e. The van der Waals surface area contributed by atoms with Gasteiger partial charge in [-0.25, -0.2) is 8.78 Å². The quantitative estimate of drug-likeness (QED) is 0.685. The van der Waals surface area contributed by atoms with Crippen LogP contribution in [0.3, 0.4) is 0 Å². The van der Waals surface area contributed by atoms with Crippen molar-refractivity contribution in [3.8, 4) is 11.1 Å². The molecule has 0 aliphatic carbocycles. The molecule has 1 aliphatic heterocycles. The van der Waals surface area contributed by atoms with Crippen LogP contribution in [0.15, 0.2) is 48.5 Å². The first-order chi connectivity index (χ1) is 14.0. The van der Waals surface area contributed by atoms with Crippen LogP contribution in [0.5, 0.6) is 0 Å². The fourth-order valence-corrected chi connectivity index (χ4v) is 3.61. The molecule has 4 rings (SSSR count). The molecule has 0 unspecified atom stereocenters. The van der Waals surface area contributed by atoms with E-state index < -0.39 is 18.1 Å². The summed E-state index contributed by atoms with van der Waals surface area (Å²) in [6.07, 6.45) is -0.706.